The Hall–Kier alpha value is -3.76. The van der Waals surface area contributed by atoms with E-state index in [1.807, 2.05) is 29.4 Å². The van der Waals surface area contributed by atoms with Gasteiger partial charge in [0, 0.05) is 45.5 Å². The van der Waals surface area contributed by atoms with Gasteiger partial charge in [-0.15, -0.1) is 0 Å². The van der Waals surface area contributed by atoms with Crippen LogP contribution in [-0.4, -0.2) is 69.1 Å². The molecule has 0 bridgehead atoms. The molecule has 1 atom stereocenters. The van der Waals surface area contributed by atoms with Crippen molar-refractivity contribution in [2.45, 2.75) is 32.9 Å². The summed E-state index contributed by atoms with van der Waals surface area (Å²) in [5, 5.41) is 8.64. The Balaban J connectivity index is 1.39. The second kappa shape index (κ2) is 7.74. The van der Waals surface area contributed by atoms with Gasteiger partial charge >= 0.3 is 0 Å². The maximum Gasteiger partial charge on any atom is 0.274 e. The van der Waals surface area contributed by atoms with Crippen molar-refractivity contribution in [3.63, 3.8) is 0 Å². The van der Waals surface area contributed by atoms with Crippen LogP contribution in [0.2, 0.25) is 0 Å². The fourth-order valence-corrected chi connectivity index (χ4v) is 4.15. The molecular formula is C21H25N9O2. The average Bonchev–Trinajstić information content (AvgIpc) is 3.56. The van der Waals surface area contributed by atoms with Crippen molar-refractivity contribution in [3.8, 4) is 17.3 Å². The lowest BCUT2D eigenvalue weighted by Gasteiger charge is -2.15. The minimum absolute atomic E-state index is 0.0898. The monoisotopic (exact) mass is 435 g/mol. The molecule has 5 rings (SSSR count). The number of ether oxygens (including phenoxy) is 1. The molecule has 0 N–H and O–H groups in total. The number of imidazole rings is 1. The molecule has 32 heavy (non-hydrogen) atoms. The van der Waals surface area contributed by atoms with E-state index in [0.29, 0.717) is 42.2 Å². The first-order chi connectivity index (χ1) is 15.5. The highest BCUT2D eigenvalue weighted by atomic mass is 16.5. The van der Waals surface area contributed by atoms with Crippen LogP contribution in [0, 0.1) is 6.92 Å². The first-order valence-corrected chi connectivity index (χ1v) is 10.6. The normalized spacial score (nSPS) is 16.2. The highest BCUT2D eigenvalue weighted by molar-refractivity contribution is 5.92. The molecule has 1 unspecified atom stereocenters. The van der Waals surface area contributed by atoms with Crippen LogP contribution in [0.5, 0.6) is 5.88 Å². The van der Waals surface area contributed by atoms with Gasteiger partial charge in [-0.25, -0.2) is 9.97 Å². The standard InChI is InChI=1S/C21H25N9O2/c1-5-30-13(2)15(10-24-30)18-25-17-19(28(18)4)22-12-23-20(17)32-14-6-9-29(11-14)21(31)16-7-8-27(3)26-16/h7-8,10,12,14H,5-6,9,11H2,1-4H3. The van der Waals surface area contributed by atoms with Crippen molar-refractivity contribution < 1.29 is 9.53 Å². The number of aromatic nitrogens is 8. The third-order valence-electron chi connectivity index (χ3n) is 5.91. The zero-order chi connectivity index (χ0) is 22.4. The lowest BCUT2D eigenvalue weighted by atomic mass is 10.2. The number of likely N-dealkylation sites (tertiary alicyclic amines) is 1. The molecule has 4 aromatic heterocycles. The van der Waals surface area contributed by atoms with Gasteiger partial charge in [-0.05, 0) is 19.9 Å². The summed E-state index contributed by atoms with van der Waals surface area (Å²) in [5.41, 5.74) is 3.72. The second-order valence-corrected chi connectivity index (χ2v) is 7.96. The van der Waals surface area contributed by atoms with E-state index < -0.39 is 0 Å². The quantitative estimate of drug-likeness (QED) is 0.468. The number of fused-ring (bicyclic) bond motifs is 1. The first-order valence-electron chi connectivity index (χ1n) is 10.6. The molecule has 4 aromatic rings. The summed E-state index contributed by atoms with van der Waals surface area (Å²) in [7, 11) is 3.72. The van der Waals surface area contributed by atoms with Crippen molar-refractivity contribution in [3.05, 3.63) is 36.2 Å². The van der Waals surface area contributed by atoms with Crippen molar-refractivity contribution in [1.82, 2.24) is 44.0 Å². The van der Waals surface area contributed by atoms with Crippen LogP contribution >= 0.6 is 0 Å². The van der Waals surface area contributed by atoms with Gasteiger partial charge in [0.2, 0.25) is 5.88 Å². The SMILES string of the molecule is CCn1ncc(-c2nc3c(OC4CCN(C(=O)c5ccn(C)n5)C4)ncnc3n2C)c1C. The molecule has 166 valence electrons. The Bertz CT molecular complexity index is 1300. The van der Waals surface area contributed by atoms with E-state index in [9.17, 15) is 4.79 Å². The van der Waals surface area contributed by atoms with Gasteiger partial charge < -0.3 is 14.2 Å². The Morgan fingerprint density at radius 3 is 2.84 bits per heavy atom. The summed E-state index contributed by atoms with van der Waals surface area (Å²) < 4.78 is 11.7. The van der Waals surface area contributed by atoms with Crippen LogP contribution in [0.3, 0.4) is 0 Å². The van der Waals surface area contributed by atoms with Gasteiger partial charge in [0.1, 0.15) is 23.9 Å². The molecule has 1 saturated heterocycles. The highest BCUT2D eigenvalue weighted by Crippen LogP contribution is 2.30. The summed E-state index contributed by atoms with van der Waals surface area (Å²) in [4.78, 5) is 28.0. The Kier molecular flexibility index (Phi) is 4.87. The fraction of sp³-hybridized carbons (Fsp3) is 0.429. The van der Waals surface area contributed by atoms with Gasteiger partial charge in [-0.3, -0.25) is 14.2 Å². The van der Waals surface area contributed by atoms with Gasteiger partial charge in [0.25, 0.3) is 5.91 Å². The molecule has 0 saturated carbocycles. The average molecular weight is 435 g/mol. The van der Waals surface area contributed by atoms with E-state index in [0.717, 1.165) is 23.6 Å². The number of hydrogen-bond acceptors (Lipinski definition) is 7. The molecular weight excluding hydrogens is 410 g/mol. The van der Waals surface area contributed by atoms with E-state index in [-0.39, 0.29) is 12.0 Å². The number of hydrogen-bond donors (Lipinski definition) is 0. The molecule has 1 aliphatic heterocycles. The Labute approximate surface area is 184 Å². The highest BCUT2D eigenvalue weighted by Gasteiger charge is 2.30. The van der Waals surface area contributed by atoms with Crippen molar-refractivity contribution in [2.75, 3.05) is 13.1 Å². The van der Waals surface area contributed by atoms with Gasteiger partial charge in [-0.1, -0.05) is 0 Å². The van der Waals surface area contributed by atoms with E-state index in [4.69, 9.17) is 9.72 Å². The van der Waals surface area contributed by atoms with E-state index >= 15 is 0 Å². The summed E-state index contributed by atoms with van der Waals surface area (Å²) in [6, 6.07) is 1.72. The summed E-state index contributed by atoms with van der Waals surface area (Å²) >= 11 is 0. The number of rotatable bonds is 5. The number of amides is 1. The zero-order valence-electron chi connectivity index (χ0n) is 18.6. The van der Waals surface area contributed by atoms with Crippen LogP contribution in [0.25, 0.3) is 22.6 Å². The van der Waals surface area contributed by atoms with Crippen molar-refractivity contribution >= 4 is 17.1 Å². The lowest BCUT2D eigenvalue weighted by molar-refractivity contribution is 0.0765. The third kappa shape index (κ3) is 3.29. The van der Waals surface area contributed by atoms with Crippen LogP contribution in [0.1, 0.15) is 29.5 Å². The van der Waals surface area contributed by atoms with E-state index in [1.54, 1.807) is 28.9 Å². The molecule has 11 nitrogen and oxygen atoms in total. The largest absolute Gasteiger partial charge is 0.471 e. The van der Waals surface area contributed by atoms with Gasteiger partial charge in [0.15, 0.2) is 11.2 Å². The van der Waals surface area contributed by atoms with E-state index in [2.05, 4.69) is 27.1 Å². The minimum Gasteiger partial charge on any atom is -0.471 e. The summed E-state index contributed by atoms with van der Waals surface area (Å²) in [6.07, 6.45) is 5.62. The molecule has 0 radical (unpaired) electrons. The number of carbonyl (C=O) groups is 1. The topological polar surface area (TPSA) is 109 Å². The van der Waals surface area contributed by atoms with Crippen LogP contribution in [-0.2, 0) is 20.6 Å². The maximum atomic E-state index is 12.7. The molecule has 11 heteroatoms. The first kappa shape index (κ1) is 20.2. The van der Waals surface area contributed by atoms with Crippen molar-refractivity contribution in [1.29, 1.82) is 0 Å². The second-order valence-electron chi connectivity index (χ2n) is 7.96. The van der Waals surface area contributed by atoms with Gasteiger partial charge in [-0.2, -0.15) is 15.2 Å². The van der Waals surface area contributed by atoms with Crippen LogP contribution in [0.4, 0.5) is 0 Å². The van der Waals surface area contributed by atoms with Crippen molar-refractivity contribution in [2.24, 2.45) is 14.1 Å². The molecule has 1 fully saturated rings. The number of carbonyl (C=O) groups excluding carboxylic acids is 1. The molecule has 1 aliphatic rings. The molecule has 0 aliphatic carbocycles. The molecule has 0 spiro atoms. The zero-order valence-corrected chi connectivity index (χ0v) is 18.6. The summed E-state index contributed by atoms with van der Waals surface area (Å²) in [5.74, 6) is 1.10. The van der Waals surface area contributed by atoms with Crippen LogP contribution < -0.4 is 4.74 Å². The molecule has 0 aromatic carbocycles. The van der Waals surface area contributed by atoms with Crippen LogP contribution in [0.15, 0.2) is 24.8 Å². The molecule has 5 heterocycles. The lowest BCUT2D eigenvalue weighted by Crippen LogP contribution is -2.31. The summed E-state index contributed by atoms with van der Waals surface area (Å²) in [6.45, 7) is 5.96. The predicted octanol–water partition coefficient (Wildman–Crippen LogP) is 1.58. The Morgan fingerprint density at radius 1 is 1.28 bits per heavy atom. The Morgan fingerprint density at radius 2 is 2.12 bits per heavy atom. The predicted molar refractivity (Wildman–Crippen MR) is 116 cm³/mol. The van der Waals surface area contributed by atoms with E-state index in [1.165, 1.54) is 6.33 Å². The minimum atomic E-state index is -0.171. The number of nitrogens with zero attached hydrogens (tertiary/aromatic N) is 9. The van der Waals surface area contributed by atoms with Gasteiger partial charge in [0.05, 0.1) is 18.3 Å². The number of aryl methyl sites for hydroxylation is 3. The smallest absolute Gasteiger partial charge is 0.274 e. The third-order valence-corrected chi connectivity index (χ3v) is 5.91. The fourth-order valence-electron chi connectivity index (χ4n) is 4.15. The molecule has 1 amide bonds. The maximum absolute atomic E-state index is 12.7.